The van der Waals surface area contributed by atoms with Crippen LogP contribution in [0.3, 0.4) is 0 Å². The number of halogens is 4. The molecule has 1 aromatic rings. The average molecular weight is 247 g/mol. The van der Waals surface area contributed by atoms with Crippen molar-refractivity contribution in [3.63, 3.8) is 0 Å². The Bertz CT molecular complexity index is 364. The Morgan fingerprint density at radius 1 is 1.53 bits per heavy atom. The highest BCUT2D eigenvalue weighted by Gasteiger charge is 2.36. The number of carbonyl (C=O) groups is 1. The van der Waals surface area contributed by atoms with Crippen LogP contribution in [0.1, 0.15) is 5.82 Å². The molecule has 1 rings (SSSR count). The lowest BCUT2D eigenvalue weighted by molar-refractivity contribution is -0.145. The van der Waals surface area contributed by atoms with Crippen molar-refractivity contribution in [3.8, 4) is 0 Å². The van der Waals surface area contributed by atoms with Gasteiger partial charge in [0.05, 0.1) is 0 Å². The summed E-state index contributed by atoms with van der Waals surface area (Å²) in [4.78, 5) is 13.0. The highest BCUT2D eigenvalue weighted by molar-refractivity contribution is 5.85. The van der Waals surface area contributed by atoms with Gasteiger partial charge >= 0.3 is 12.1 Å². The normalized spacial score (nSPS) is 10.9. The summed E-state index contributed by atoms with van der Waals surface area (Å²) in [6, 6.07) is 0. The number of nitrogen functional groups attached to an aromatic ring is 1. The van der Waals surface area contributed by atoms with Crippen LogP contribution < -0.4 is 5.73 Å². The molecule has 0 bridgehead atoms. The molecule has 0 aliphatic rings. The highest BCUT2D eigenvalue weighted by Crippen LogP contribution is 2.26. The Hall–Kier alpha value is -1.51. The standard InChI is InChI=1S/C5H5F3N4O2.ClH/c6-5(7,8)3-10-4(9)12(11-3)1-2(13)14;/h1H2,(H,13,14)(H2,9,10,11);1H. The summed E-state index contributed by atoms with van der Waals surface area (Å²) in [5.74, 6) is -3.38. The van der Waals surface area contributed by atoms with E-state index in [9.17, 15) is 18.0 Å². The minimum atomic E-state index is -4.72. The van der Waals surface area contributed by atoms with Crippen LogP contribution in [0.4, 0.5) is 19.1 Å². The third kappa shape index (κ3) is 3.27. The average Bonchev–Trinajstić information content (AvgIpc) is 2.30. The van der Waals surface area contributed by atoms with Crippen molar-refractivity contribution in [2.75, 3.05) is 5.73 Å². The number of aliphatic carboxylic acids is 1. The molecule has 0 radical (unpaired) electrons. The summed E-state index contributed by atoms with van der Waals surface area (Å²) >= 11 is 0. The van der Waals surface area contributed by atoms with Gasteiger partial charge in [-0.25, -0.2) is 4.68 Å². The molecule has 0 saturated carbocycles. The van der Waals surface area contributed by atoms with Crippen molar-refractivity contribution >= 4 is 24.3 Å². The van der Waals surface area contributed by atoms with E-state index in [0.29, 0.717) is 4.68 Å². The number of aromatic nitrogens is 3. The number of nitrogens with zero attached hydrogens (tertiary/aromatic N) is 3. The molecule has 0 aliphatic carbocycles. The monoisotopic (exact) mass is 246 g/mol. The lowest BCUT2D eigenvalue weighted by atomic mass is 10.6. The molecule has 0 spiro atoms. The second-order valence-electron chi connectivity index (χ2n) is 2.34. The second-order valence-corrected chi connectivity index (χ2v) is 2.34. The zero-order valence-electron chi connectivity index (χ0n) is 7.02. The first-order valence-electron chi connectivity index (χ1n) is 3.30. The summed E-state index contributed by atoms with van der Waals surface area (Å²) in [5, 5.41) is 11.2. The van der Waals surface area contributed by atoms with Gasteiger partial charge in [0.2, 0.25) is 5.95 Å². The van der Waals surface area contributed by atoms with E-state index in [-0.39, 0.29) is 12.4 Å². The van der Waals surface area contributed by atoms with Gasteiger partial charge in [0, 0.05) is 0 Å². The molecule has 1 heterocycles. The summed E-state index contributed by atoms with van der Waals surface area (Å²) in [5.41, 5.74) is 5.01. The number of carboxylic acid groups (broad SMARTS) is 1. The van der Waals surface area contributed by atoms with Crippen molar-refractivity contribution in [1.29, 1.82) is 0 Å². The molecule has 0 aromatic carbocycles. The van der Waals surface area contributed by atoms with Gasteiger partial charge in [0.25, 0.3) is 5.82 Å². The first-order chi connectivity index (χ1) is 6.30. The predicted molar refractivity (Wildman–Crippen MR) is 44.3 cm³/mol. The van der Waals surface area contributed by atoms with Crippen LogP contribution in [0.15, 0.2) is 0 Å². The van der Waals surface area contributed by atoms with E-state index < -0.39 is 30.5 Å². The minimum Gasteiger partial charge on any atom is -0.480 e. The number of carboxylic acids is 1. The molecule has 0 fully saturated rings. The fourth-order valence-corrected chi connectivity index (χ4v) is 0.719. The smallest absolute Gasteiger partial charge is 0.453 e. The molecule has 15 heavy (non-hydrogen) atoms. The molecule has 3 N–H and O–H groups in total. The first kappa shape index (κ1) is 13.5. The topological polar surface area (TPSA) is 94.0 Å². The number of hydrogen-bond donors (Lipinski definition) is 2. The number of rotatable bonds is 2. The molecule has 86 valence electrons. The lowest BCUT2D eigenvalue weighted by Crippen LogP contribution is -2.14. The fraction of sp³-hybridized carbons (Fsp3) is 0.400. The molecule has 0 aliphatic heterocycles. The summed E-state index contributed by atoms with van der Waals surface area (Å²) < 4.78 is 36.4. The zero-order chi connectivity index (χ0) is 10.9. The molecule has 10 heteroatoms. The number of alkyl halides is 3. The van der Waals surface area contributed by atoms with Crippen molar-refractivity contribution in [3.05, 3.63) is 5.82 Å². The van der Waals surface area contributed by atoms with Gasteiger partial charge in [0.15, 0.2) is 0 Å². The van der Waals surface area contributed by atoms with Gasteiger partial charge < -0.3 is 10.8 Å². The van der Waals surface area contributed by atoms with Crippen LogP contribution in [0.25, 0.3) is 0 Å². The Morgan fingerprint density at radius 3 is 2.40 bits per heavy atom. The van der Waals surface area contributed by atoms with E-state index in [2.05, 4.69) is 10.1 Å². The Balaban J connectivity index is 0.00000196. The number of nitrogens with two attached hydrogens (primary N) is 1. The van der Waals surface area contributed by atoms with E-state index >= 15 is 0 Å². The van der Waals surface area contributed by atoms with E-state index in [1.54, 1.807) is 0 Å². The quantitative estimate of drug-likeness (QED) is 0.787. The maximum absolute atomic E-state index is 12.0. The van der Waals surface area contributed by atoms with Gasteiger partial charge in [-0.15, -0.1) is 17.5 Å². The minimum absolute atomic E-state index is 0. The van der Waals surface area contributed by atoms with Crippen LogP contribution in [0.2, 0.25) is 0 Å². The van der Waals surface area contributed by atoms with Gasteiger partial charge in [-0.3, -0.25) is 4.79 Å². The maximum Gasteiger partial charge on any atom is 0.453 e. The van der Waals surface area contributed by atoms with Crippen molar-refractivity contribution in [2.45, 2.75) is 12.7 Å². The fourth-order valence-electron chi connectivity index (χ4n) is 0.719. The molecule has 0 atom stereocenters. The predicted octanol–water partition coefficient (Wildman–Crippen LogP) is 0.386. The highest BCUT2D eigenvalue weighted by atomic mass is 35.5. The SMILES string of the molecule is Cl.Nc1nc(C(F)(F)F)nn1CC(=O)O. The number of hydrogen-bond acceptors (Lipinski definition) is 4. The molecule has 0 amide bonds. The van der Waals surface area contributed by atoms with Crippen LogP contribution in [-0.2, 0) is 17.5 Å². The van der Waals surface area contributed by atoms with Crippen LogP contribution in [0.5, 0.6) is 0 Å². The van der Waals surface area contributed by atoms with Crippen LogP contribution in [-0.4, -0.2) is 25.8 Å². The largest absolute Gasteiger partial charge is 0.480 e. The lowest BCUT2D eigenvalue weighted by Gasteiger charge is -1.98. The Morgan fingerprint density at radius 2 is 2.07 bits per heavy atom. The van der Waals surface area contributed by atoms with Gasteiger partial charge in [-0.05, 0) is 0 Å². The van der Waals surface area contributed by atoms with Gasteiger partial charge in [-0.2, -0.15) is 18.2 Å². The Labute approximate surface area is 87.3 Å². The van der Waals surface area contributed by atoms with Crippen LogP contribution >= 0.6 is 12.4 Å². The third-order valence-corrected chi connectivity index (χ3v) is 1.24. The summed E-state index contributed by atoms with van der Waals surface area (Å²) in [6.45, 7) is -0.755. The zero-order valence-corrected chi connectivity index (χ0v) is 7.84. The molecule has 1 aromatic heterocycles. The number of anilines is 1. The first-order valence-corrected chi connectivity index (χ1v) is 3.30. The summed E-state index contributed by atoms with van der Waals surface area (Å²) in [6.07, 6.45) is -4.72. The summed E-state index contributed by atoms with van der Waals surface area (Å²) in [7, 11) is 0. The molecule has 6 nitrogen and oxygen atoms in total. The molecular weight excluding hydrogens is 241 g/mol. The molecule has 0 unspecified atom stereocenters. The van der Waals surface area contributed by atoms with E-state index in [1.807, 2.05) is 0 Å². The van der Waals surface area contributed by atoms with Crippen LogP contribution in [0, 0.1) is 0 Å². The van der Waals surface area contributed by atoms with Gasteiger partial charge in [-0.1, -0.05) is 0 Å². The molecular formula is C5H6ClF3N4O2. The van der Waals surface area contributed by atoms with E-state index in [4.69, 9.17) is 10.8 Å². The van der Waals surface area contributed by atoms with E-state index in [0.717, 1.165) is 0 Å². The van der Waals surface area contributed by atoms with Crippen molar-refractivity contribution in [2.24, 2.45) is 0 Å². The maximum atomic E-state index is 12.0. The van der Waals surface area contributed by atoms with Gasteiger partial charge in [0.1, 0.15) is 6.54 Å². The Kier molecular flexibility index (Phi) is 3.90. The second kappa shape index (κ2) is 4.34. The van der Waals surface area contributed by atoms with Crippen molar-refractivity contribution < 1.29 is 23.1 Å². The van der Waals surface area contributed by atoms with Crippen molar-refractivity contribution in [1.82, 2.24) is 14.8 Å². The third-order valence-electron chi connectivity index (χ3n) is 1.24. The van der Waals surface area contributed by atoms with E-state index in [1.165, 1.54) is 0 Å². The molecule has 0 saturated heterocycles.